The Bertz CT molecular complexity index is 1050. The van der Waals surface area contributed by atoms with Crippen LogP contribution >= 0.6 is 0 Å². The maximum Gasteiger partial charge on any atom is 0.337 e. The smallest absolute Gasteiger partial charge is 0.337 e. The minimum Gasteiger partial charge on any atom is -0.480 e. The molecule has 0 spiro atoms. The Morgan fingerprint density at radius 2 is 1.84 bits per heavy atom. The van der Waals surface area contributed by atoms with Gasteiger partial charge in [-0.15, -0.1) is 0 Å². The fraction of sp³-hybridized carbons (Fsp3) is 0.458. The average molecular weight is 440 g/mol. The second-order valence-electron chi connectivity index (χ2n) is 8.80. The van der Waals surface area contributed by atoms with E-state index in [0.717, 1.165) is 32.1 Å². The van der Waals surface area contributed by atoms with Crippen molar-refractivity contribution in [2.24, 2.45) is 22.2 Å². The second-order valence-corrected chi connectivity index (χ2v) is 8.80. The summed E-state index contributed by atoms with van der Waals surface area (Å²) in [4.78, 5) is 40.2. The molecule has 2 aliphatic carbocycles. The lowest BCUT2D eigenvalue weighted by molar-refractivity contribution is -0.384. The van der Waals surface area contributed by atoms with E-state index in [0.29, 0.717) is 16.8 Å². The molecule has 1 aromatic rings. The molecular formula is C24H28N2O6. The van der Waals surface area contributed by atoms with E-state index in [-0.39, 0.29) is 28.8 Å². The van der Waals surface area contributed by atoms with Crippen molar-refractivity contribution >= 4 is 29.0 Å². The lowest BCUT2D eigenvalue weighted by atomic mass is 9.60. The van der Waals surface area contributed by atoms with Gasteiger partial charge < -0.3 is 10.2 Å². The molecule has 8 heteroatoms. The van der Waals surface area contributed by atoms with Gasteiger partial charge in [0.25, 0.3) is 5.69 Å². The van der Waals surface area contributed by atoms with Gasteiger partial charge in [0, 0.05) is 12.1 Å². The molecule has 1 saturated carbocycles. The van der Waals surface area contributed by atoms with Crippen molar-refractivity contribution in [1.82, 2.24) is 0 Å². The maximum atomic E-state index is 12.9. The van der Waals surface area contributed by atoms with Crippen molar-refractivity contribution in [2.75, 3.05) is 0 Å². The molecule has 2 N–H and O–H groups in total. The van der Waals surface area contributed by atoms with Crippen LogP contribution in [0.3, 0.4) is 0 Å². The molecule has 1 fully saturated rings. The van der Waals surface area contributed by atoms with Crippen LogP contribution in [0, 0.1) is 34.3 Å². The molecule has 170 valence electrons. The van der Waals surface area contributed by atoms with Gasteiger partial charge in [-0.05, 0) is 43.4 Å². The number of nitrogens with zero attached hydrogens (tertiary/aromatic N) is 2. The predicted octanol–water partition coefficient (Wildman–Crippen LogP) is 5.23. The molecule has 2 atom stereocenters. The minimum atomic E-state index is -1.61. The molecule has 1 aromatic carbocycles. The van der Waals surface area contributed by atoms with Crippen LogP contribution in [-0.2, 0) is 9.59 Å². The van der Waals surface area contributed by atoms with Crippen molar-refractivity contribution in [1.29, 1.82) is 0 Å². The molecule has 0 aromatic heterocycles. The number of non-ortho nitro benzene ring substituents is 1. The topological polar surface area (TPSA) is 130 Å². The van der Waals surface area contributed by atoms with E-state index in [9.17, 15) is 29.9 Å². The van der Waals surface area contributed by atoms with Crippen LogP contribution in [0.25, 0.3) is 0 Å². The van der Waals surface area contributed by atoms with E-state index in [1.807, 2.05) is 6.92 Å². The number of aliphatic carboxylic acids is 2. The molecule has 0 bridgehead atoms. The van der Waals surface area contributed by atoms with Gasteiger partial charge in [-0.1, -0.05) is 50.7 Å². The highest BCUT2D eigenvalue weighted by atomic mass is 16.6. The minimum absolute atomic E-state index is 0.0295. The molecule has 0 radical (unpaired) electrons. The fourth-order valence-corrected chi connectivity index (χ4v) is 5.01. The average Bonchev–Trinajstić information content (AvgIpc) is 2.75. The first-order valence-electron chi connectivity index (χ1n) is 10.8. The molecule has 0 aliphatic heterocycles. The summed E-state index contributed by atoms with van der Waals surface area (Å²) >= 11 is 0. The Kier molecular flexibility index (Phi) is 6.62. The zero-order chi connectivity index (χ0) is 23.6. The summed E-state index contributed by atoms with van der Waals surface area (Å²) in [6.07, 6.45) is 7.99. The quantitative estimate of drug-likeness (QED) is 0.460. The van der Waals surface area contributed by atoms with Gasteiger partial charge in [-0.25, -0.2) is 4.79 Å². The van der Waals surface area contributed by atoms with Crippen molar-refractivity contribution in [3.63, 3.8) is 0 Å². The van der Waals surface area contributed by atoms with Gasteiger partial charge in [0.15, 0.2) is 0 Å². The van der Waals surface area contributed by atoms with Gasteiger partial charge in [0.05, 0.1) is 21.9 Å². The Morgan fingerprint density at radius 1 is 1.19 bits per heavy atom. The molecule has 32 heavy (non-hydrogen) atoms. The van der Waals surface area contributed by atoms with Crippen LogP contribution in [0.5, 0.6) is 0 Å². The molecule has 8 nitrogen and oxygen atoms in total. The van der Waals surface area contributed by atoms with E-state index in [1.54, 1.807) is 19.9 Å². The monoisotopic (exact) mass is 440 g/mol. The second kappa shape index (κ2) is 9.06. The third kappa shape index (κ3) is 4.22. The van der Waals surface area contributed by atoms with Gasteiger partial charge in [0.1, 0.15) is 5.41 Å². The third-order valence-electron chi connectivity index (χ3n) is 6.76. The number of carboxylic acid groups (broad SMARTS) is 2. The first-order valence-corrected chi connectivity index (χ1v) is 10.8. The van der Waals surface area contributed by atoms with E-state index in [2.05, 4.69) is 4.99 Å². The predicted molar refractivity (Wildman–Crippen MR) is 120 cm³/mol. The van der Waals surface area contributed by atoms with Crippen molar-refractivity contribution in [2.45, 2.75) is 52.9 Å². The first kappa shape index (κ1) is 23.4. The normalized spacial score (nSPS) is 23.9. The molecule has 2 aliphatic rings. The molecule has 0 amide bonds. The number of carboxylic acids is 2. The Labute approximate surface area is 186 Å². The summed E-state index contributed by atoms with van der Waals surface area (Å²) in [5.41, 5.74) is -0.569. The lowest BCUT2D eigenvalue weighted by Crippen LogP contribution is -2.49. The van der Waals surface area contributed by atoms with E-state index >= 15 is 0 Å². The molecule has 1 unspecified atom stereocenters. The van der Waals surface area contributed by atoms with Crippen LogP contribution in [0.1, 0.15) is 51.5 Å². The van der Waals surface area contributed by atoms with Crippen molar-refractivity contribution in [3.8, 4) is 0 Å². The number of allylic oxidation sites excluding steroid dienone is 2. The van der Waals surface area contributed by atoms with E-state index in [4.69, 9.17) is 0 Å². The lowest BCUT2D eigenvalue weighted by Gasteiger charge is -2.41. The zero-order valence-corrected chi connectivity index (χ0v) is 18.5. The van der Waals surface area contributed by atoms with Crippen LogP contribution in [0.4, 0.5) is 11.4 Å². The highest BCUT2D eigenvalue weighted by Crippen LogP contribution is 2.47. The number of hydrogen-bond acceptors (Lipinski definition) is 5. The van der Waals surface area contributed by atoms with E-state index in [1.165, 1.54) is 24.3 Å². The van der Waals surface area contributed by atoms with Crippen molar-refractivity contribution in [3.05, 3.63) is 57.2 Å². The molecular weight excluding hydrogens is 412 g/mol. The van der Waals surface area contributed by atoms with Crippen molar-refractivity contribution < 1.29 is 24.7 Å². The van der Waals surface area contributed by atoms with Gasteiger partial charge in [-0.3, -0.25) is 19.9 Å². The number of nitro benzene ring substituents is 1. The van der Waals surface area contributed by atoms with E-state index < -0.39 is 22.3 Å². The molecule has 0 heterocycles. The number of aliphatic imine (C=N–C) groups is 1. The fourth-order valence-electron chi connectivity index (χ4n) is 5.01. The Hall–Kier alpha value is -3.29. The molecule has 0 saturated heterocycles. The van der Waals surface area contributed by atoms with Crippen LogP contribution < -0.4 is 0 Å². The Morgan fingerprint density at radius 3 is 2.38 bits per heavy atom. The van der Waals surface area contributed by atoms with Crippen LogP contribution in [0.2, 0.25) is 0 Å². The SMILES string of the molecule is CC1=CC(C(=O)O)([C@@H](C)C2CCCCC2)C(=Nc2ccc([N+](=O)[O-])cc2C)C(C(=O)O)=C1. The number of benzene rings is 1. The summed E-state index contributed by atoms with van der Waals surface area (Å²) < 4.78 is 0. The summed E-state index contributed by atoms with van der Waals surface area (Å²) in [5, 5.41) is 31.5. The molecule has 3 rings (SSSR count). The number of aryl methyl sites for hydroxylation is 1. The third-order valence-corrected chi connectivity index (χ3v) is 6.76. The number of carbonyl (C=O) groups is 2. The zero-order valence-electron chi connectivity index (χ0n) is 18.5. The van der Waals surface area contributed by atoms with Crippen LogP contribution in [-0.4, -0.2) is 32.8 Å². The van der Waals surface area contributed by atoms with Gasteiger partial charge >= 0.3 is 11.9 Å². The summed E-state index contributed by atoms with van der Waals surface area (Å²) in [7, 11) is 0. The Balaban J connectivity index is 2.24. The number of hydrogen-bond donors (Lipinski definition) is 2. The summed E-state index contributed by atoms with van der Waals surface area (Å²) in [5.74, 6) is -2.65. The highest BCUT2D eigenvalue weighted by Gasteiger charge is 2.52. The highest BCUT2D eigenvalue weighted by molar-refractivity contribution is 6.29. The largest absolute Gasteiger partial charge is 0.480 e. The standard InChI is InChI=1S/C24H28N2O6/c1-14-11-19(22(27)28)21(25-20-10-9-18(26(31)32)12-15(20)2)24(13-14,23(29)30)16(3)17-7-5-4-6-8-17/h9-13,16-17H,4-8H2,1-3H3,(H,27,28)(H,29,30)/t16-,24?/m0/s1. The van der Waals surface area contributed by atoms with Gasteiger partial charge in [-0.2, -0.15) is 0 Å². The first-order chi connectivity index (χ1) is 15.1. The van der Waals surface area contributed by atoms with Crippen LogP contribution in [0.15, 0.2) is 46.5 Å². The van der Waals surface area contributed by atoms with Gasteiger partial charge in [0.2, 0.25) is 0 Å². The number of nitro groups is 1. The summed E-state index contributed by atoms with van der Waals surface area (Å²) in [6.45, 7) is 5.20. The summed E-state index contributed by atoms with van der Waals surface area (Å²) in [6, 6.07) is 4.07. The maximum absolute atomic E-state index is 12.9. The number of rotatable bonds is 6.